The highest BCUT2D eigenvalue weighted by Crippen LogP contribution is 2.25. The number of rotatable bonds is 6. The Kier molecular flexibility index (Phi) is 5.87. The number of nitrogens with zero attached hydrogens (tertiary/aromatic N) is 1. The van der Waals surface area contributed by atoms with Gasteiger partial charge in [0.15, 0.2) is 0 Å². The largest absolute Gasteiger partial charge is 0.369 e. The van der Waals surface area contributed by atoms with Gasteiger partial charge in [0, 0.05) is 6.54 Å². The van der Waals surface area contributed by atoms with Crippen molar-refractivity contribution in [1.82, 2.24) is 4.31 Å². The molecule has 128 valence electrons. The van der Waals surface area contributed by atoms with Gasteiger partial charge in [0.2, 0.25) is 15.9 Å². The number of primary amides is 1. The second-order valence-electron chi connectivity index (χ2n) is 5.30. The summed E-state index contributed by atoms with van der Waals surface area (Å²) in [5.74, 6) is -0.745. The van der Waals surface area contributed by atoms with Crippen LogP contribution < -0.4 is 5.73 Å². The zero-order chi connectivity index (χ0) is 17.9. The summed E-state index contributed by atoms with van der Waals surface area (Å²) < 4.78 is 26.6. The summed E-state index contributed by atoms with van der Waals surface area (Å²) in [7, 11) is -3.88. The summed E-state index contributed by atoms with van der Waals surface area (Å²) in [5.41, 5.74) is 6.74. The van der Waals surface area contributed by atoms with Crippen molar-refractivity contribution in [1.29, 1.82) is 0 Å². The fourth-order valence-corrected chi connectivity index (χ4v) is 3.82. The summed E-state index contributed by atoms with van der Waals surface area (Å²) in [4.78, 5) is 11.4. The summed E-state index contributed by atoms with van der Waals surface area (Å²) in [5, 5.41) is 0.671. The lowest BCUT2D eigenvalue weighted by molar-refractivity contribution is -0.118. The molecular weight excluding hydrogens is 371 g/mol. The van der Waals surface area contributed by atoms with Gasteiger partial charge in [0.25, 0.3) is 0 Å². The molecule has 0 unspecified atom stereocenters. The number of benzene rings is 2. The zero-order valence-electron chi connectivity index (χ0n) is 12.9. The predicted molar refractivity (Wildman–Crippen MR) is 94.4 cm³/mol. The Labute approximate surface area is 151 Å². The molecule has 0 radical (unpaired) electrons. The van der Waals surface area contributed by atoms with E-state index in [0.717, 1.165) is 9.87 Å². The molecule has 0 saturated carbocycles. The maximum atomic E-state index is 12.8. The molecule has 0 fully saturated rings. The van der Waals surface area contributed by atoms with Gasteiger partial charge in [-0.1, -0.05) is 47.0 Å². The molecule has 0 atom stereocenters. The van der Waals surface area contributed by atoms with E-state index in [1.54, 1.807) is 30.3 Å². The van der Waals surface area contributed by atoms with Crippen LogP contribution in [0.4, 0.5) is 0 Å². The highest BCUT2D eigenvalue weighted by Gasteiger charge is 2.26. The lowest BCUT2D eigenvalue weighted by Gasteiger charge is -2.21. The smallest absolute Gasteiger partial charge is 0.243 e. The van der Waals surface area contributed by atoms with Gasteiger partial charge in [0.1, 0.15) is 0 Å². The number of nitrogens with two attached hydrogens (primary N) is 1. The standard InChI is InChI=1S/C16H16Cl2N2O3S/c1-11-2-5-13(6-3-11)24(22,23)20(10-16(19)21)9-12-4-7-14(17)15(18)8-12/h2-8H,9-10H2,1H3,(H2,19,21). The maximum Gasteiger partial charge on any atom is 0.243 e. The SMILES string of the molecule is Cc1ccc(S(=O)(=O)N(CC(N)=O)Cc2ccc(Cl)c(Cl)c2)cc1. The molecule has 2 aromatic carbocycles. The van der Waals surface area contributed by atoms with Crippen LogP contribution in [-0.4, -0.2) is 25.2 Å². The van der Waals surface area contributed by atoms with Gasteiger partial charge >= 0.3 is 0 Å². The Morgan fingerprint density at radius 2 is 1.71 bits per heavy atom. The maximum absolute atomic E-state index is 12.8. The first-order valence-corrected chi connectivity index (χ1v) is 9.19. The van der Waals surface area contributed by atoms with Gasteiger partial charge in [-0.15, -0.1) is 0 Å². The van der Waals surface area contributed by atoms with Crippen LogP contribution in [0.5, 0.6) is 0 Å². The van der Waals surface area contributed by atoms with Gasteiger partial charge in [-0.05, 0) is 36.8 Å². The number of halogens is 2. The van der Waals surface area contributed by atoms with Crippen LogP contribution in [0.25, 0.3) is 0 Å². The molecule has 0 aliphatic carbocycles. The minimum atomic E-state index is -3.88. The number of hydrogen-bond acceptors (Lipinski definition) is 3. The van der Waals surface area contributed by atoms with Crippen LogP contribution in [0.1, 0.15) is 11.1 Å². The molecule has 0 heterocycles. The van der Waals surface area contributed by atoms with Gasteiger partial charge in [-0.3, -0.25) is 4.79 Å². The first-order chi connectivity index (χ1) is 11.2. The third-order valence-corrected chi connectivity index (χ3v) is 5.88. The Hall–Kier alpha value is -1.60. The third-order valence-electron chi connectivity index (χ3n) is 3.33. The van der Waals surface area contributed by atoms with Crippen molar-refractivity contribution in [2.24, 2.45) is 5.73 Å². The van der Waals surface area contributed by atoms with Crippen molar-refractivity contribution < 1.29 is 13.2 Å². The molecule has 1 amide bonds. The van der Waals surface area contributed by atoms with E-state index in [9.17, 15) is 13.2 Å². The second-order valence-corrected chi connectivity index (χ2v) is 8.05. The van der Waals surface area contributed by atoms with E-state index in [4.69, 9.17) is 28.9 Å². The first-order valence-electron chi connectivity index (χ1n) is 6.99. The van der Waals surface area contributed by atoms with E-state index in [1.165, 1.54) is 12.1 Å². The zero-order valence-corrected chi connectivity index (χ0v) is 15.2. The van der Waals surface area contributed by atoms with Gasteiger partial charge in [0.05, 0.1) is 21.5 Å². The molecule has 0 saturated heterocycles. The van der Waals surface area contributed by atoms with Gasteiger partial charge in [-0.25, -0.2) is 8.42 Å². The summed E-state index contributed by atoms with van der Waals surface area (Å²) >= 11 is 11.8. The molecule has 0 aliphatic rings. The summed E-state index contributed by atoms with van der Waals surface area (Å²) in [6, 6.07) is 11.1. The van der Waals surface area contributed by atoms with Crippen molar-refractivity contribution in [3.05, 3.63) is 63.6 Å². The predicted octanol–water partition coefficient (Wildman–Crippen LogP) is 2.98. The molecular formula is C16H16Cl2N2O3S. The molecule has 2 aromatic rings. The average molecular weight is 387 g/mol. The summed E-state index contributed by atoms with van der Waals surface area (Å²) in [6.45, 7) is 1.37. The van der Waals surface area contributed by atoms with Crippen LogP contribution in [0.3, 0.4) is 0 Å². The topological polar surface area (TPSA) is 80.5 Å². The molecule has 0 spiro atoms. The van der Waals surface area contributed by atoms with E-state index in [-0.39, 0.29) is 11.4 Å². The van der Waals surface area contributed by atoms with Crippen LogP contribution in [0.2, 0.25) is 10.0 Å². The van der Waals surface area contributed by atoms with Gasteiger partial charge < -0.3 is 5.73 Å². The minimum absolute atomic E-state index is 0.0456. The minimum Gasteiger partial charge on any atom is -0.369 e. The molecule has 0 aliphatic heterocycles. The number of amides is 1. The number of carbonyl (C=O) groups excluding carboxylic acids is 1. The van der Waals surface area contributed by atoms with Crippen molar-refractivity contribution in [3.63, 3.8) is 0 Å². The van der Waals surface area contributed by atoms with Crippen LogP contribution in [0, 0.1) is 6.92 Å². The number of carbonyl (C=O) groups is 1. The van der Waals surface area contributed by atoms with Gasteiger partial charge in [-0.2, -0.15) is 4.31 Å². The lowest BCUT2D eigenvalue weighted by atomic mass is 10.2. The second kappa shape index (κ2) is 7.53. The van der Waals surface area contributed by atoms with E-state index in [1.807, 2.05) is 6.92 Å². The molecule has 2 N–H and O–H groups in total. The highest BCUT2D eigenvalue weighted by atomic mass is 35.5. The van der Waals surface area contributed by atoms with Crippen LogP contribution in [-0.2, 0) is 21.4 Å². The number of aryl methyl sites for hydroxylation is 1. The van der Waals surface area contributed by atoms with Crippen molar-refractivity contribution in [2.75, 3.05) is 6.54 Å². The van der Waals surface area contributed by atoms with Crippen LogP contribution >= 0.6 is 23.2 Å². The van der Waals surface area contributed by atoms with E-state index < -0.39 is 22.5 Å². The van der Waals surface area contributed by atoms with Crippen molar-refractivity contribution >= 4 is 39.1 Å². The third kappa shape index (κ3) is 4.48. The number of sulfonamides is 1. The molecule has 5 nitrogen and oxygen atoms in total. The normalized spacial score (nSPS) is 11.7. The van der Waals surface area contributed by atoms with Crippen molar-refractivity contribution in [2.45, 2.75) is 18.4 Å². The molecule has 0 aromatic heterocycles. The van der Waals surface area contributed by atoms with E-state index in [2.05, 4.69) is 0 Å². The molecule has 0 bridgehead atoms. The highest BCUT2D eigenvalue weighted by molar-refractivity contribution is 7.89. The monoisotopic (exact) mass is 386 g/mol. The fraction of sp³-hybridized carbons (Fsp3) is 0.188. The van der Waals surface area contributed by atoms with Crippen molar-refractivity contribution in [3.8, 4) is 0 Å². The summed E-state index contributed by atoms with van der Waals surface area (Å²) in [6.07, 6.45) is 0. The Morgan fingerprint density at radius 3 is 2.25 bits per heavy atom. The Morgan fingerprint density at radius 1 is 1.08 bits per heavy atom. The first kappa shape index (κ1) is 18.7. The fourth-order valence-electron chi connectivity index (χ4n) is 2.10. The van der Waals surface area contributed by atoms with Crippen LogP contribution in [0.15, 0.2) is 47.4 Å². The Balaban J connectivity index is 2.38. The molecule has 8 heteroatoms. The van der Waals surface area contributed by atoms with E-state index in [0.29, 0.717) is 15.6 Å². The average Bonchev–Trinajstić information content (AvgIpc) is 2.50. The quantitative estimate of drug-likeness (QED) is 0.828. The Bertz CT molecular complexity index is 852. The molecule has 2 rings (SSSR count). The number of hydrogen-bond donors (Lipinski definition) is 1. The van der Waals surface area contributed by atoms with E-state index >= 15 is 0 Å². The lowest BCUT2D eigenvalue weighted by Crippen LogP contribution is -2.38. The molecule has 24 heavy (non-hydrogen) atoms.